The van der Waals surface area contributed by atoms with E-state index >= 15 is 0 Å². The molecule has 0 bridgehead atoms. The Morgan fingerprint density at radius 1 is 1.19 bits per heavy atom. The zero-order valence-corrected chi connectivity index (χ0v) is 13.0. The molecular formula is C17H19ClFNO. The number of benzene rings is 2. The van der Waals surface area contributed by atoms with E-state index in [9.17, 15) is 4.39 Å². The van der Waals surface area contributed by atoms with Crippen LogP contribution in [0.15, 0.2) is 42.5 Å². The van der Waals surface area contributed by atoms with Crippen LogP contribution >= 0.6 is 11.6 Å². The maximum Gasteiger partial charge on any atom is 0.135 e. The fourth-order valence-electron chi connectivity index (χ4n) is 2.12. The average molecular weight is 308 g/mol. The first-order chi connectivity index (χ1) is 10.1. The number of halogens is 2. The van der Waals surface area contributed by atoms with Crippen molar-refractivity contribution in [1.29, 1.82) is 0 Å². The molecule has 0 fully saturated rings. The van der Waals surface area contributed by atoms with Crippen LogP contribution in [0.1, 0.15) is 31.9 Å². The van der Waals surface area contributed by atoms with Crippen molar-refractivity contribution >= 4 is 11.6 Å². The van der Waals surface area contributed by atoms with Crippen molar-refractivity contribution in [2.24, 2.45) is 0 Å². The molecule has 1 atom stereocenters. The molecule has 4 heteroatoms. The number of ether oxygens (including phenoxy) is 1. The van der Waals surface area contributed by atoms with Gasteiger partial charge in [0.15, 0.2) is 0 Å². The van der Waals surface area contributed by atoms with Crippen molar-refractivity contribution in [1.82, 2.24) is 5.32 Å². The third kappa shape index (κ3) is 4.19. The number of rotatable bonds is 6. The van der Waals surface area contributed by atoms with Crippen LogP contribution in [0.5, 0.6) is 11.5 Å². The highest BCUT2D eigenvalue weighted by Crippen LogP contribution is 2.32. The van der Waals surface area contributed by atoms with Gasteiger partial charge >= 0.3 is 0 Å². The largest absolute Gasteiger partial charge is 0.457 e. The molecule has 0 spiro atoms. The molecule has 1 N–H and O–H groups in total. The van der Waals surface area contributed by atoms with Gasteiger partial charge in [0.2, 0.25) is 0 Å². The molecule has 0 aliphatic rings. The Hall–Kier alpha value is -1.58. The van der Waals surface area contributed by atoms with E-state index in [-0.39, 0.29) is 11.9 Å². The van der Waals surface area contributed by atoms with Crippen LogP contribution in [0.3, 0.4) is 0 Å². The molecular weight excluding hydrogens is 289 g/mol. The SMILES string of the molecule is CCCNC(C)c1c(F)cccc1Oc1ccc(Cl)cc1. The van der Waals surface area contributed by atoms with E-state index in [0.29, 0.717) is 22.1 Å². The number of hydrogen-bond donors (Lipinski definition) is 1. The quantitative estimate of drug-likeness (QED) is 0.778. The number of nitrogens with one attached hydrogen (secondary N) is 1. The van der Waals surface area contributed by atoms with Crippen molar-refractivity contribution < 1.29 is 9.13 Å². The Balaban J connectivity index is 2.26. The van der Waals surface area contributed by atoms with Crippen molar-refractivity contribution in [3.8, 4) is 11.5 Å². The maximum atomic E-state index is 14.2. The highest BCUT2D eigenvalue weighted by Gasteiger charge is 2.16. The van der Waals surface area contributed by atoms with Gasteiger partial charge in [-0.3, -0.25) is 0 Å². The van der Waals surface area contributed by atoms with Crippen molar-refractivity contribution in [2.75, 3.05) is 6.54 Å². The second-order valence-corrected chi connectivity index (χ2v) is 5.32. The maximum absolute atomic E-state index is 14.2. The first-order valence-corrected chi connectivity index (χ1v) is 7.44. The Morgan fingerprint density at radius 3 is 2.57 bits per heavy atom. The third-order valence-electron chi connectivity index (χ3n) is 3.19. The topological polar surface area (TPSA) is 21.3 Å². The summed E-state index contributed by atoms with van der Waals surface area (Å²) in [7, 11) is 0. The lowest BCUT2D eigenvalue weighted by molar-refractivity contribution is 0.445. The van der Waals surface area contributed by atoms with E-state index in [1.54, 1.807) is 36.4 Å². The van der Waals surface area contributed by atoms with E-state index in [1.165, 1.54) is 6.07 Å². The van der Waals surface area contributed by atoms with Crippen LogP contribution in [-0.2, 0) is 0 Å². The molecule has 2 nitrogen and oxygen atoms in total. The lowest BCUT2D eigenvalue weighted by atomic mass is 10.1. The van der Waals surface area contributed by atoms with Gasteiger partial charge in [-0.2, -0.15) is 0 Å². The van der Waals surface area contributed by atoms with Gasteiger partial charge in [-0.15, -0.1) is 0 Å². The highest BCUT2D eigenvalue weighted by atomic mass is 35.5. The molecule has 0 amide bonds. The first kappa shape index (κ1) is 15.8. The molecule has 0 aromatic heterocycles. The van der Waals surface area contributed by atoms with E-state index in [0.717, 1.165) is 13.0 Å². The second kappa shape index (κ2) is 7.43. The minimum Gasteiger partial charge on any atom is -0.457 e. The predicted octanol–water partition coefficient (Wildman–Crippen LogP) is 5.33. The minimum atomic E-state index is -0.266. The van der Waals surface area contributed by atoms with Gasteiger partial charge < -0.3 is 10.1 Å². The summed E-state index contributed by atoms with van der Waals surface area (Å²) in [5.74, 6) is 0.889. The Labute approximate surface area is 129 Å². The smallest absolute Gasteiger partial charge is 0.135 e. The van der Waals surface area contributed by atoms with Crippen molar-refractivity contribution in [2.45, 2.75) is 26.3 Å². The molecule has 2 rings (SSSR count). The summed E-state index contributed by atoms with van der Waals surface area (Å²) in [4.78, 5) is 0. The normalized spacial score (nSPS) is 12.2. The summed E-state index contributed by atoms with van der Waals surface area (Å²) < 4.78 is 20.0. The van der Waals surface area contributed by atoms with Gasteiger partial charge in [-0.05, 0) is 56.3 Å². The Morgan fingerprint density at radius 2 is 1.90 bits per heavy atom. The standard InChI is InChI=1S/C17H19ClFNO/c1-3-11-20-12(2)17-15(19)5-4-6-16(17)21-14-9-7-13(18)8-10-14/h4-10,12,20H,3,11H2,1-2H3. The van der Waals surface area contributed by atoms with E-state index < -0.39 is 0 Å². The van der Waals surface area contributed by atoms with Crippen LogP contribution in [0, 0.1) is 5.82 Å². The van der Waals surface area contributed by atoms with Gasteiger partial charge in [0.05, 0.1) is 0 Å². The van der Waals surface area contributed by atoms with Gasteiger partial charge in [0.25, 0.3) is 0 Å². The van der Waals surface area contributed by atoms with Crippen LogP contribution in [0.4, 0.5) is 4.39 Å². The summed E-state index contributed by atoms with van der Waals surface area (Å²) in [6.07, 6.45) is 0.992. The van der Waals surface area contributed by atoms with E-state index in [1.807, 2.05) is 6.92 Å². The summed E-state index contributed by atoms with van der Waals surface area (Å²) >= 11 is 5.85. The van der Waals surface area contributed by atoms with E-state index in [2.05, 4.69) is 12.2 Å². The lowest BCUT2D eigenvalue weighted by Gasteiger charge is -2.18. The monoisotopic (exact) mass is 307 g/mol. The summed E-state index contributed by atoms with van der Waals surface area (Å²) in [5.41, 5.74) is 0.542. The summed E-state index contributed by atoms with van der Waals surface area (Å²) in [6, 6.07) is 11.8. The van der Waals surface area contributed by atoms with Crippen LogP contribution in [0.25, 0.3) is 0 Å². The molecule has 0 heterocycles. The molecule has 1 unspecified atom stereocenters. The predicted molar refractivity (Wildman–Crippen MR) is 84.6 cm³/mol. The molecule has 21 heavy (non-hydrogen) atoms. The van der Waals surface area contributed by atoms with Crippen molar-refractivity contribution in [3.05, 3.63) is 58.9 Å². The van der Waals surface area contributed by atoms with Gasteiger partial charge in [-0.1, -0.05) is 24.6 Å². The van der Waals surface area contributed by atoms with E-state index in [4.69, 9.17) is 16.3 Å². The Kier molecular flexibility index (Phi) is 5.59. The fourth-order valence-corrected chi connectivity index (χ4v) is 2.24. The molecule has 0 saturated carbocycles. The molecule has 0 radical (unpaired) electrons. The van der Waals surface area contributed by atoms with Gasteiger partial charge in [0, 0.05) is 16.6 Å². The third-order valence-corrected chi connectivity index (χ3v) is 3.44. The molecule has 2 aromatic rings. The second-order valence-electron chi connectivity index (χ2n) is 4.88. The number of hydrogen-bond acceptors (Lipinski definition) is 2. The Bertz CT molecular complexity index is 586. The van der Waals surface area contributed by atoms with Crippen LogP contribution in [-0.4, -0.2) is 6.54 Å². The van der Waals surface area contributed by atoms with Crippen LogP contribution < -0.4 is 10.1 Å². The summed E-state index contributed by atoms with van der Waals surface area (Å²) in [5, 5.41) is 3.92. The van der Waals surface area contributed by atoms with Crippen molar-refractivity contribution in [3.63, 3.8) is 0 Å². The summed E-state index contributed by atoms with van der Waals surface area (Å²) in [6.45, 7) is 4.84. The van der Waals surface area contributed by atoms with Gasteiger partial charge in [0.1, 0.15) is 17.3 Å². The molecule has 0 aliphatic carbocycles. The molecule has 112 valence electrons. The molecule has 2 aromatic carbocycles. The zero-order valence-electron chi connectivity index (χ0n) is 12.2. The highest BCUT2D eigenvalue weighted by molar-refractivity contribution is 6.30. The average Bonchev–Trinajstić information content (AvgIpc) is 2.47. The lowest BCUT2D eigenvalue weighted by Crippen LogP contribution is -2.20. The van der Waals surface area contributed by atoms with Crippen LogP contribution in [0.2, 0.25) is 5.02 Å². The first-order valence-electron chi connectivity index (χ1n) is 7.07. The molecule has 0 saturated heterocycles. The van der Waals surface area contributed by atoms with Gasteiger partial charge in [-0.25, -0.2) is 4.39 Å². The minimum absolute atomic E-state index is 0.117. The zero-order chi connectivity index (χ0) is 15.2. The molecule has 0 aliphatic heterocycles. The fraction of sp³-hybridized carbons (Fsp3) is 0.294.